The highest BCUT2D eigenvalue weighted by atomic mass is 32.1. The number of esters is 1. The van der Waals surface area contributed by atoms with Crippen LogP contribution in [-0.2, 0) is 9.53 Å². The molecular formula is C23H20N4O5S. The summed E-state index contributed by atoms with van der Waals surface area (Å²) in [7, 11) is 3.12. The number of thiazole rings is 1. The number of anilines is 1. The number of amides is 1. The van der Waals surface area contributed by atoms with Gasteiger partial charge in [-0.05, 0) is 30.3 Å². The second-order valence-electron chi connectivity index (χ2n) is 6.75. The molecule has 10 heteroatoms. The van der Waals surface area contributed by atoms with Crippen LogP contribution in [0, 0.1) is 0 Å². The summed E-state index contributed by atoms with van der Waals surface area (Å²) in [5.74, 6) is 0.815. The van der Waals surface area contributed by atoms with E-state index in [1.54, 1.807) is 63.0 Å². The minimum absolute atomic E-state index is 0.336. The molecule has 4 aromatic rings. The molecule has 4 rings (SSSR count). The van der Waals surface area contributed by atoms with Crippen LogP contribution in [0.1, 0.15) is 10.4 Å². The third kappa shape index (κ3) is 5.18. The Bertz CT molecular complexity index is 1250. The molecule has 0 spiro atoms. The molecule has 1 amide bonds. The summed E-state index contributed by atoms with van der Waals surface area (Å²) < 4.78 is 15.7. The average Bonchev–Trinajstić information content (AvgIpc) is 3.55. The largest absolute Gasteiger partial charge is 0.493 e. The van der Waals surface area contributed by atoms with Crippen molar-refractivity contribution in [1.82, 2.24) is 15.0 Å². The molecular weight excluding hydrogens is 444 g/mol. The second-order valence-corrected chi connectivity index (χ2v) is 7.61. The number of carbonyl (C=O) groups is 2. The lowest BCUT2D eigenvalue weighted by Crippen LogP contribution is -2.20. The van der Waals surface area contributed by atoms with Gasteiger partial charge in [-0.25, -0.2) is 14.8 Å². The number of benzene rings is 2. The molecule has 0 aliphatic rings. The van der Waals surface area contributed by atoms with E-state index in [-0.39, 0.29) is 0 Å². The minimum atomic E-state index is -0.596. The van der Waals surface area contributed by atoms with Crippen molar-refractivity contribution < 1.29 is 23.8 Å². The maximum atomic E-state index is 12.2. The quantitative estimate of drug-likeness (QED) is 0.379. The monoisotopic (exact) mass is 464 g/mol. The molecule has 0 radical (unpaired) electrons. The summed E-state index contributed by atoms with van der Waals surface area (Å²) in [6, 6.07) is 12.2. The van der Waals surface area contributed by atoms with Crippen LogP contribution in [0.25, 0.3) is 22.6 Å². The van der Waals surface area contributed by atoms with Gasteiger partial charge in [0.15, 0.2) is 23.2 Å². The third-order valence-electron chi connectivity index (χ3n) is 4.66. The molecule has 0 bridgehead atoms. The predicted molar refractivity (Wildman–Crippen MR) is 124 cm³/mol. The third-order valence-corrected chi connectivity index (χ3v) is 5.41. The van der Waals surface area contributed by atoms with Crippen molar-refractivity contribution in [1.29, 1.82) is 0 Å². The van der Waals surface area contributed by atoms with Crippen LogP contribution in [0.3, 0.4) is 0 Å². The molecule has 0 saturated heterocycles. The van der Waals surface area contributed by atoms with Crippen LogP contribution >= 0.6 is 11.3 Å². The van der Waals surface area contributed by atoms with Crippen molar-refractivity contribution in [2.24, 2.45) is 0 Å². The van der Waals surface area contributed by atoms with Crippen LogP contribution < -0.4 is 14.8 Å². The minimum Gasteiger partial charge on any atom is -0.493 e. The van der Waals surface area contributed by atoms with Gasteiger partial charge in [-0.3, -0.25) is 10.1 Å². The van der Waals surface area contributed by atoms with E-state index in [1.165, 1.54) is 11.3 Å². The molecule has 2 heterocycles. The number of hydrogen-bond acceptors (Lipinski definition) is 8. The van der Waals surface area contributed by atoms with E-state index >= 15 is 0 Å². The summed E-state index contributed by atoms with van der Waals surface area (Å²) in [6.07, 6.45) is 3.37. The molecule has 2 aromatic heterocycles. The molecule has 0 atom stereocenters. The lowest BCUT2D eigenvalue weighted by Gasteiger charge is -2.08. The first-order chi connectivity index (χ1) is 16.1. The van der Waals surface area contributed by atoms with Crippen LogP contribution in [0.5, 0.6) is 11.5 Å². The van der Waals surface area contributed by atoms with Gasteiger partial charge in [0.25, 0.3) is 5.91 Å². The van der Waals surface area contributed by atoms with E-state index in [4.69, 9.17) is 14.2 Å². The molecule has 2 aromatic carbocycles. The molecule has 0 saturated carbocycles. The van der Waals surface area contributed by atoms with Crippen LogP contribution in [0.2, 0.25) is 0 Å². The fraction of sp³-hybridized carbons (Fsp3) is 0.130. The molecule has 0 aliphatic carbocycles. The summed E-state index contributed by atoms with van der Waals surface area (Å²) in [5.41, 5.74) is 2.66. The van der Waals surface area contributed by atoms with E-state index in [0.717, 1.165) is 11.1 Å². The molecule has 168 valence electrons. The highest BCUT2D eigenvalue weighted by Crippen LogP contribution is 2.33. The Balaban J connectivity index is 1.32. The highest BCUT2D eigenvalue weighted by molar-refractivity contribution is 7.14. The predicted octanol–water partition coefficient (Wildman–Crippen LogP) is 4.01. The van der Waals surface area contributed by atoms with E-state index in [1.807, 2.05) is 11.4 Å². The summed E-state index contributed by atoms with van der Waals surface area (Å²) in [4.78, 5) is 36.0. The maximum absolute atomic E-state index is 12.2. The Labute approximate surface area is 193 Å². The van der Waals surface area contributed by atoms with Crippen molar-refractivity contribution in [2.45, 2.75) is 0 Å². The zero-order valence-corrected chi connectivity index (χ0v) is 18.6. The average molecular weight is 465 g/mol. The number of H-pyrrole nitrogens is 1. The Hall–Kier alpha value is -4.18. The number of nitrogens with one attached hydrogen (secondary N) is 2. The second kappa shape index (κ2) is 9.96. The van der Waals surface area contributed by atoms with Gasteiger partial charge < -0.3 is 19.2 Å². The Morgan fingerprint density at radius 1 is 1.03 bits per heavy atom. The van der Waals surface area contributed by atoms with Crippen molar-refractivity contribution in [3.63, 3.8) is 0 Å². The smallest absolute Gasteiger partial charge is 0.338 e. The molecule has 0 aliphatic heterocycles. The van der Waals surface area contributed by atoms with Gasteiger partial charge in [-0.15, -0.1) is 11.3 Å². The van der Waals surface area contributed by atoms with E-state index in [9.17, 15) is 9.59 Å². The van der Waals surface area contributed by atoms with Crippen LogP contribution in [0.15, 0.2) is 60.2 Å². The summed E-state index contributed by atoms with van der Waals surface area (Å²) in [5, 5.41) is 4.84. The zero-order chi connectivity index (χ0) is 23.2. The van der Waals surface area contributed by atoms with E-state index < -0.39 is 18.5 Å². The van der Waals surface area contributed by atoms with E-state index in [0.29, 0.717) is 33.7 Å². The molecule has 33 heavy (non-hydrogen) atoms. The fourth-order valence-corrected chi connectivity index (χ4v) is 3.75. The number of aromatic nitrogens is 3. The van der Waals surface area contributed by atoms with Gasteiger partial charge in [0.1, 0.15) is 5.82 Å². The number of nitrogens with zero attached hydrogens (tertiary/aromatic N) is 2. The van der Waals surface area contributed by atoms with Crippen molar-refractivity contribution in [2.75, 3.05) is 26.1 Å². The van der Waals surface area contributed by atoms with Crippen molar-refractivity contribution >= 4 is 28.3 Å². The number of imidazole rings is 1. The summed E-state index contributed by atoms with van der Waals surface area (Å²) >= 11 is 1.26. The van der Waals surface area contributed by atoms with Gasteiger partial charge in [0.2, 0.25) is 0 Å². The number of hydrogen-bond donors (Lipinski definition) is 2. The Morgan fingerprint density at radius 2 is 1.79 bits per heavy atom. The fourth-order valence-electron chi connectivity index (χ4n) is 3.02. The number of rotatable bonds is 8. The maximum Gasteiger partial charge on any atom is 0.338 e. The van der Waals surface area contributed by atoms with E-state index in [2.05, 4.69) is 20.3 Å². The van der Waals surface area contributed by atoms with Gasteiger partial charge >= 0.3 is 5.97 Å². The Morgan fingerprint density at radius 3 is 2.48 bits per heavy atom. The zero-order valence-electron chi connectivity index (χ0n) is 17.8. The van der Waals surface area contributed by atoms with Gasteiger partial charge in [-0.2, -0.15) is 0 Å². The topological polar surface area (TPSA) is 115 Å². The Kier molecular flexibility index (Phi) is 6.65. The molecule has 0 fully saturated rings. The van der Waals surface area contributed by atoms with Crippen LogP contribution in [-0.4, -0.2) is 47.7 Å². The normalized spacial score (nSPS) is 10.5. The molecule has 9 nitrogen and oxygen atoms in total. The number of aromatic amines is 1. The SMILES string of the molecule is COc1ccc(-c2csc(NC(=O)COC(=O)c3ccc(-c4ncc[nH]4)cc3)n2)cc1OC. The standard InChI is InChI=1S/C23H20N4O5S/c1-30-18-8-7-16(11-19(18)31-2)17-13-33-23(26-17)27-20(28)12-32-22(29)15-5-3-14(4-6-15)21-24-9-10-25-21/h3-11,13H,12H2,1-2H3,(H,24,25)(H,26,27,28). The molecule has 0 unspecified atom stereocenters. The van der Waals surface area contributed by atoms with Crippen LogP contribution in [0.4, 0.5) is 5.13 Å². The van der Waals surface area contributed by atoms with Crippen molar-refractivity contribution in [3.8, 4) is 34.1 Å². The van der Waals surface area contributed by atoms with Gasteiger partial charge in [0.05, 0.1) is 25.5 Å². The first kappa shape index (κ1) is 22.0. The first-order valence-electron chi connectivity index (χ1n) is 9.82. The lowest BCUT2D eigenvalue weighted by molar-refractivity contribution is -0.119. The summed E-state index contributed by atoms with van der Waals surface area (Å²) in [6.45, 7) is -0.427. The van der Waals surface area contributed by atoms with Gasteiger partial charge in [0, 0.05) is 28.9 Å². The van der Waals surface area contributed by atoms with Gasteiger partial charge in [-0.1, -0.05) is 12.1 Å². The van der Waals surface area contributed by atoms with Crippen molar-refractivity contribution in [3.05, 3.63) is 65.8 Å². The first-order valence-corrected chi connectivity index (χ1v) is 10.7. The number of ether oxygens (including phenoxy) is 3. The highest BCUT2D eigenvalue weighted by Gasteiger charge is 2.14. The lowest BCUT2D eigenvalue weighted by atomic mass is 10.1. The number of carbonyl (C=O) groups excluding carboxylic acids is 2. The number of methoxy groups -OCH3 is 2. The molecule has 2 N–H and O–H groups in total.